The highest BCUT2D eigenvalue weighted by Crippen LogP contribution is 2.55. The standard InChI is InChI=1S/C35H32N2O2/c1-9-37-20(6)22-12-14-24-31-25(15-13-23(21(37)7)30(22)31)34-29(39-11-3)17-27-19(5)36(8)18(4)26-16-28(38-10-2)33(24)35(34)32(26)27/h12-17H,4-7,9-11H2,1-3,8H3. The molecule has 4 heteroatoms. The number of nitrogens with zero attached hydrogens (tertiary/aromatic N) is 2. The second-order valence-corrected chi connectivity index (χ2v) is 10.4. The van der Waals surface area contributed by atoms with E-state index in [1.165, 1.54) is 10.8 Å². The minimum atomic E-state index is 0.563. The van der Waals surface area contributed by atoms with E-state index in [1.54, 1.807) is 0 Å². The predicted molar refractivity (Wildman–Crippen MR) is 166 cm³/mol. The SMILES string of the molecule is C=C1c2cc(OCC)c3c4ccc5c6c(ccc(c7c(OCC)cc(c2c37)C(=C)N1C)c64)C(=C)N(CC)C5=C. The Morgan fingerprint density at radius 2 is 1.03 bits per heavy atom. The number of hydrogen-bond acceptors (Lipinski definition) is 4. The average molecular weight is 513 g/mol. The van der Waals surface area contributed by atoms with Crippen LogP contribution in [0.15, 0.2) is 62.7 Å². The van der Waals surface area contributed by atoms with Gasteiger partial charge in [-0.1, -0.05) is 50.6 Å². The summed E-state index contributed by atoms with van der Waals surface area (Å²) in [6.45, 7) is 26.0. The highest BCUT2D eigenvalue weighted by molar-refractivity contribution is 6.38. The fourth-order valence-electron chi connectivity index (χ4n) is 6.87. The first-order valence-electron chi connectivity index (χ1n) is 13.7. The Morgan fingerprint density at radius 3 is 1.46 bits per heavy atom. The van der Waals surface area contributed by atoms with Gasteiger partial charge in [0.05, 0.1) is 13.2 Å². The first kappa shape index (κ1) is 23.7. The topological polar surface area (TPSA) is 24.9 Å². The van der Waals surface area contributed by atoms with Gasteiger partial charge in [0.25, 0.3) is 0 Å². The van der Waals surface area contributed by atoms with Gasteiger partial charge in [0.15, 0.2) is 0 Å². The molecule has 0 saturated heterocycles. The van der Waals surface area contributed by atoms with E-state index in [0.717, 1.165) is 95.4 Å². The molecule has 5 aromatic carbocycles. The normalized spacial score (nSPS) is 15.1. The van der Waals surface area contributed by atoms with Crippen LogP contribution in [0.5, 0.6) is 11.5 Å². The quantitative estimate of drug-likeness (QED) is 0.174. The fraction of sp³-hybridized carbons (Fsp3) is 0.200. The summed E-state index contributed by atoms with van der Waals surface area (Å²) in [5.74, 6) is 1.72. The highest BCUT2D eigenvalue weighted by Gasteiger charge is 2.32. The molecule has 0 spiro atoms. The molecule has 2 heterocycles. The summed E-state index contributed by atoms with van der Waals surface area (Å²) in [5, 5.41) is 9.22. The van der Waals surface area contributed by atoms with Crippen molar-refractivity contribution < 1.29 is 9.47 Å². The maximum atomic E-state index is 6.40. The summed E-state index contributed by atoms with van der Waals surface area (Å²) in [5.41, 5.74) is 8.24. The van der Waals surface area contributed by atoms with Gasteiger partial charge in [-0.3, -0.25) is 0 Å². The number of hydrogen-bond donors (Lipinski definition) is 0. The molecule has 0 fully saturated rings. The Hall–Kier alpha value is -4.44. The Labute approximate surface area is 229 Å². The van der Waals surface area contributed by atoms with Crippen molar-refractivity contribution in [3.05, 3.63) is 85.0 Å². The van der Waals surface area contributed by atoms with Crippen molar-refractivity contribution in [3.8, 4) is 11.5 Å². The molecule has 7 rings (SSSR count). The average Bonchev–Trinajstić information content (AvgIpc) is 2.94. The molecule has 194 valence electrons. The first-order valence-corrected chi connectivity index (χ1v) is 13.7. The van der Waals surface area contributed by atoms with Gasteiger partial charge < -0.3 is 19.3 Å². The van der Waals surface area contributed by atoms with Crippen LogP contribution in [0.1, 0.15) is 43.0 Å². The molecule has 39 heavy (non-hydrogen) atoms. The Morgan fingerprint density at radius 1 is 0.564 bits per heavy atom. The zero-order valence-corrected chi connectivity index (χ0v) is 23.1. The zero-order valence-electron chi connectivity index (χ0n) is 23.1. The van der Waals surface area contributed by atoms with Crippen molar-refractivity contribution in [1.82, 2.24) is 9.80 Å². The fourth-order valence-corrected chi connectivity index (χ4v) is 6.87. The van der Waals surface area contributed by atoms with E-state index in [-0.39, 0.29) is 0 Å². The molecule has 0 amide bonds. The molecule has 0 unspecified atom stereocenters. The number of rotatable bonds is 5. The summed E-state index contributed by atoms with van der Waals surface area (Å²) in [4.78, 5) is 4.26. The minimum Gasteiger partial charge on any atom is -0.493 e. The number of ether oxygens (including phenoxy) is 2. The van der Waals surface area contributed by atoms with Crippen molar-refractivity contribution in [2.45, 2.75) is 20.8 Å². The molecule has 0 saturated carbocycles. The van der Waals surface area contributed by atoms with Crippen LogP contribution < -0.4 is 9.47 Å². The van der Waals surface area contributed by atoms with Crippen LogP contribution in [0.2, 0.25) is 0 Å². The third kappa shape index (κ3) is 2.78. The molecule has 0 atom stereocenters. The molecular formula is C35H32N2O2. The Balaban J connectivity index is 1.80. The van der Waals surface area contributed by atoms with Crippen molar-refractivity contribution in [2.75, 3.05) is 26.8 Å². The van der Waals surface area contributed by atoms with E-state index >= 15 is 0 Å². The van der Waals surface area contributed by atoms with Crippen molar-refractivity contribution >= 4 is 65.9 Å². The van der Waals surface area contributed by atoms with E-state index in [0.29, 0.717) is 13.2 Å². The van der Waals surface area contributed by atoms with E-state index in [9.17, 15) is 0 Å². The van der Waals surface area contributed by atoms with Crippen LogP contribution in [0, 0.1) is 0 Å². The summed E-state index contributed by atoms with van der Waals surface area (Å²) in [7, 11) is 2.02. The van der Waals surface area contributed by atoms with Crippen LogP contribution in [-0.4, -0.2) is 36.6 Å². The van der Waals surface area contributed by atoms with Crippen LogP contribution in [0.4, 0.5) is 0 Å². The predicted octanol–water partition coefficient (Wildman–Crippen LogP) is 8.70. The summed E-state index contributed by atoms with van der Waals surface area (Å²) in [6, 6.07) is 13.2. The lowest BCUT2D eigenvalue weighted by atomic mass is 9.80. The van der Waals surface area contributed by atoms with Gasteiger partial charge in [-0.2, -0.15) is 0 Å². The van der Waals surface area contributed by atoms with Gasteiger partial charge in [-0.25, -0.2) is 0 Å². The monoisotopic (exact) mass is 512 g/mol. The Bertz CT molecular complexity index is 1830. The smallest absolute Gasteiger partial charge is 0.128 e. The van der Waals surface area contributed by atoms with Crippen LogP contribution in [0.3, 0.4) is 0 Å². The minimum absolute atomic E-state index is 0.563. The molecular weight excluding hydrogens is 480 g/mol. The van der Waals surface area contributed by atoms with Gasteiger partial charge in [-0.05, 0) is 49.1 Å². The second kappa shape index (κ2) is 8.03. The van der Waals surface area contributed by atoms with Crippen molar-refractivity contribution in [2.24, 2.45) is 0 Å². The maximum Gasteiger partial charge on any atom is 0.128 e. The molecule has 0 aromatic heterocycles. The molecule has 0 bridgehead atoms. The largest absolute Gasteiger partial charge is 0.493 e. The highest BCUT2D eigenvalue weighted by atomic mass is 16.5. The molecule has 0 N–H and O–H groups in total. The first-order chi connectivity index (χ1) is 18.8. The zero-order chi connectivity index (χ0) is 27.3. The maximum absolute atomic E-state index is 6.40. The summed E-state index contributed by atoms with van der Waals surface area (Å²) < 4.78 is 12.8. The lowest BCUT2D eigenvalue weighted by molar-refractivity contribution is 0.343. The van der Waals surface area contributed by atoms with Crippen LogP contribution in [0.25, 0.3) is 65.9 Å². The van der Waals surface area contributed by atoms with Crippen molar-refractivity contribution in [1.29, 1.82) is 0 Å². The molecule has 2 aliphatic rings. The summed E-state index contributed by atoms with van der Waals surface area (Å²) in [6.07, 6.45) is 0. The van der Waals surface area contributed by atoms with Crippen LogP contribution >= 0.6 is 0 Å². The summed E-state index contributed by atoms with van der Waals surface area (Å²) >= 11 is 0. The second-order valence-electron chi connectivity index (χ2n) is 10.4. The van der Waals surface area contributed by atoms with E-state index in [4.69, 9.17) is 9.47 Å². The van der Waals surface area contributed by atoms with Gasteiger partial charge >= 0.3 is 0 Å². The molecule has 0 aliphatic carbocycles. The van der Waals surface area contributed by atoms with E-state index in [1.807, 2.05) is 20.9 Å². The molecule has 0 radical (unpaired) electrons. The Kier molecular flexibility index (Phi) is 4.87. The lowest BCUT2D eigenvalue weighted by Crippen LogP contribution is -2.23. The number of benzene rings is 5. The van der Waals surface area contributed by atoms with Gasteiger partial charge in [-0.15, -0.1) is 0 Å². The van der Waals surface area contributed by atoms with E-state index in [2.05, 4.69) is 79.4 Å². The number of fused-ring (bicyclic) bond motifs is 2. The van der Waals surface area contributed by atoms with E-state index < -0.39 is 0 Å². The van der Waals surface area contributed by atoms with Crippen LogP contribution in [-0.2, 0) is 0 Å². The van der Waals surface area contributed by atoms with Gasteiger partial charge in [0, 0.05) is 85.6 Å². The van der Waals surface area contributed by atoms with Gasteiger partial charge in [0.1, 0.15) is 11.5 Å². The molecule has 4 nitrogen and oxygen atoms in total. The molecule has 5 aromatic rings. The lowest BCUT2D eigenvalue weighted by Gasteiger charge is -2.35. The van der Waals surface area contributed by atoms with Crippen molar-refractivity contribution in [3.63, 3.8) is 0 Å². The van der Waals surface area contributed by atoms with Gasteiger partial charge in [0.2, 0.25) is 0 Å². The third-order valence-corrected chi connectivity index (χ3v) is 8.65. The molecule has 2 aliphatic heterocycles. The third-order valence-electron chi connectivity index (χ3n) is 8.65.